The normalized spacial score (nSPS) is 14.6. The molecule has 3 rings (SSSR count). The zero-order valence-electron chi connectivity index (χ0n) is 12.9. The Balaban J connectivity index is 1.52. The standard InChI is InChI=1S/C17H18ClN3O2/c1-12-2-7-16(22)21(19-12)11-14-9-20(10-14)17(23)8-13-3-5-15(18)6-4-13/h2-7,14H,8-11H2,1H3. The molecule has 0 N–H and O–H groups in total. The van der Waals surface area contributed by atoms with Crippen molar-refractivity contribution in [3.8, 4) is 0 Å². The summed E-state index contributed by atoms with van der Waals surface area (Å²) < 4.78 is 1.49. The van der Waals surface area contributed by atoms with E-state index in [-0.39, 0.29) is 17.4 Å². The van der Waals surface area contributed by atoms with Gasteiger partial charge >= 0.3 is 0 Å². The highest BCUT2D eigenvalue weighted by Crippen LogP contribution is 2.19. The summed E-state index contributed by atoms with van der Waals surface area (Å²) in [6, 6.07) is 10.6. The van der Waals surface area contributed by atoms with Crippen LogP contribution in [0.2, 0.25) is 5.02 Å². The maximum absolute atomic E-state index is 12.2. The molecule has 0 saturated carbocycles. The average Bonchev–Trinajstić information content (AvgIpc) is 2.48. The van der Waals surface area contributed by atoms with Gasteiger partial charge in [-0.2, -0.15) is 5.10 Å². The minimum absolute atomic E-state index is 0.0958. The highest BCUT2D eigenvalue weighted by molar-refractivity contribution is 6.30. The number of carbonyl (C=O) groups is 1. The Morgan fingerprint density at radius 3 is 2.61 bits per heavy atom. The predicted molar refractivity (Wildman–Crippen MR) is 88.5 cm³/mol. The molecule has 0 spiro atoms. The van der Waals surface area contributed by atoms with Gasteiger partial charge in [-0.15, -0.1) is 0 Å². The van der Waals surface area contributed by atoms with Crippen LogP contribution in [-0.4, -0.2) is 33.7 Å². The Kier molecular flexibility index (Phi) is 4.48. The van der Waals surface area contributed by atoms with Crippen LogP contribution in [0.3, 0.4) is 0 Å². The monoisotopic (exact) mass is 331 g/mol. The molecule has 0 bridgehead atoms. The Labute approximate surface area is 139 Å². The minimum atomic E-state index is -0.0958. The molecular formula is C17H18ClN3O2. The first-order valence-corrected chi connectivity index (χ1v) is 7.96. The molecule has 23 heavy (non-hydrogen) atoms. The number of aryl methyl sites for hydroxylation is 1. The van der Waals surface area contributed by atoms with E-state index in [1.165, 1.54) is 10.7 Å². The molecular weight excluding hydrogens is 314 g/mol. The number of carbonyl (C=O) groups excluding carboxylic acids is 1. The Morgan fingerprint density at radius 1 is 1.22 bits per heavy atom. The van der Waals surface area contributed by atoms with Gasteiger partial charge in [0.25, 0.3) is 5.56 Å². The molecule has 1 saturated heterocycles. The lowest BCUT2D eigenvalue weighted by atomic mass is 9.99. The van der Waals surface area contributed by atoms with Gasteiger partial charge in [0.1, 0.15) is 0 Å². The van der Waals surface area contributed by atoms with Crippen LogP contribution in [0.15, 0.2) is 41.2 Å². The van der Waals surface area contributed by atoms with Crippen LogP contribution in [0, 0.1) is 12.8 Å². The van der Waals surface area contributed by atoms with Crippen molar-refractivity contribution in [2.75, 3.05) is 13.1 Å². The summed E-state index contributed by atoms with van der Waals surface area (Å²) >= 11 is 5.84. The smallest absolute Gasteiger partial charge is 0.266 e. The highest BCUT2D eigenvalue weighted by atomic mass is 35.5. The first-order chi connectivity index (χ1) is 11.0. The number of halogens is 1. The molecule has 0 atom stereocenters. The summed E-state index contributed by atoms with van der Waals surface area (Å²) in [5, 5.41) is 4.90. The number of nitrogens with zero attached hydrogens (tertiary/aromatic N) is 3. The number of aromatic nitrogens is 2. The average molecular weight is 332 g/mol. The highest BCUT2D eigenvalue weighted by Gasteiger charge is 2.31. The summed E-state index contributed by atoms with van der Waals surface area (Å²) in [7, 11) is 0. The summed E-state index contributed by atoms with van der Waals surface area (Å²) in [6.45, 7) is 3.77. The maximum Gasteiger partial charge on any atom is 0.266 e. The lowest BCUT2D eigenvalue weighted by Gasteiger charge is -2.39. The van der Waals surface area contributed by atoms with Gasteiger partial charge in [0.05, 0.1) is 18.7 Å². The molecule has 1 aliphatic rings. The van der Waals surface area contributed by atoms with E-state index in [2.05, 4.69) is 5.10 Å². The lowest BCUT2D eigenvalue weighted by Crippen LogP contribution is -2.52. The number of hydrogen-bond donors (Lipinski definition) is 0. The van der Waals surface area contributed by atoms with E-state index in [0.29, 0.717) is 31.1 Å². The third-order valence-electron chi connectivity index (χ3n) is 4.01. The van der Waals surface area contributed by atoms with Gasteiger partial charge in [-0.1, -0.05) is 23.7 Å². The molecule has 0 unspecified atom stereocenters. The zero-order chi connectivity index (χ0) is 16.4. The van der Waals surface area contributed by atoms with Crippen molar-refractivity contribution in [2.24, 2.45) is 5.92 Å². The Bertz CT molecular complexity index is 764. The van der Waals surface area contributed by atoms with Crippen molar-refractivity contribution in [3.05, 3.63) is 63.0 Å². The van der Waals surface area contributed by atoms with Gasteiger partial charge in [0.2, 0.25) is 5.91 Å². The van der Waals surface area contributed by atoms with E-state index in [1.807, 2.05) is 24.0 Å². The fourth-order valence-corrected chi connectivity index (χ4v) is 2.83. The summed E-state index contributed by atoms with van der Waals surface area (Å²) in [5.74, 6) is 0.393. The number of likely N-dealkylation sites (tertiary alicyclic amines) is 1. The van der Waals surface area contributed by atoms with Gasteiger partial charge in [0, 0.05) is 30.1 Å². The van der Waals surface area contributed by atoms with E-state index < -0.39 is 0 Å². The van der Waals surface area contributed by atoms with Crippen molar-refractivity contribution >= 4 is 17.5 Å². The first kappa shape index (κ1) is 15.7. The largest absolute Gasteiger partial charge is 0.342 e. The first-order valence-electron chi connectivity index (χ1n) is 7.58. The van der Waals surface area contributed by atoms with Crippen LogP contribution in [0.4, 0.5) is 0 Å². The van der Waals surface area contributed by atoms with Gasteiger partial charge in [-0.05, 0) is 30.7 Å². The van der Waals surface area contributed by atoms with E-state index in [0.717, 1.165) is 11.3 Å². The maximum atomic E-state index is 12.2. The molecule has 1 aliphatic heterocycles. The van der Waals surface area contributed by atoms with Crippen molar-refractivity contribution in [1.82, 2.24) is 14.7 Å². The fraction of sp³-hybridized carbons (Fsp3) is 0.353. The van der Waals surface area contributed by atoms with Crippen LogP contribution in [0.1, 0.15) is 11.3 Å². The zero-order valence-corrected chi connectivity index (χ0v) is 13.7. The third kappa shape index (κ3) is 3.79. The minimum Gasteiger partial charge on any atom is -0.342 e. The fourth-order valence-electron chi connectivity index (χ4n) is 2.70. The number of hydrogen-bond acceptors (Lipinski definition) is 3. The van der Waals surface area contributed by atoms with Crippen LogP contribution in [0.5, 0.6) is 0 Å². The van der Waals surface area contributed by atoms with E-state index in [9.17, 15) is 9.59 Å². The predicted octanol–water partition coefficient (Wildman–Crippen LogP) is 1.91. The molecule has 0 aliphatic carbocycles. The van der Waals surface area contributed by atoms with Crippen molar-refractivity contribution < 1.29 is 4.79 Å². The topological polar surface area (TPSA) is 55.2 Å². The van der Waals surface area contributed by atoms with Crippen LogP contribution in [-0.2, 0) is 17.8 Å². The summed E-state index contributed by atoms with van der Waals surface area (Å²) in [4.78, 5) is 25.8. The number of amides is 1. The van der Waals surface area contributed by atoms with E-state index >= 15 is 0 Å². The second kappa shape index (κ2) is 6.54. The van der Waals surface area contributed by atoms with Gasteiger partial charge < -0.3 is 4.90 Å². The second-order valence-corrected chi connectivity index (χ2v) is 6.40. The molecule has 2 heterocycles. The summed E-state index contributed by atoms with van der Waals surface area (Å²) in [5.41, 5.74) is 1.68. The lowest BCUT2D eigenvalue weighted by molar-refractivity contribution is -0.137. The molecule has 6 heteroatoms. The second-order valence-electron chi connectivity index (χ2n) is 5.96. The van der Waals surface area contributed by atoms with Crippen molar-refractivity contribution in [1.29, 1.82) is 0 Å². The van der Waals surface area contributed by atoms with E-state index in [4.69, 9.17) is 11.6 Å². The van der Waals surface area contributed by atoms with Crippen LogP contribution < -0.4 is 5.56 Å². The number of benzene rings is 1. The quantitative estimate of drug-likeness (QED) is 0.860. The molecule has 0 radical (unpaired) electrons. The molecule has 120 valence electrons. The molecule has 1 aromatic heterocycles. The van der Waals surface area contributed by atoms with Crippen LogP contribution >= 0.6 is 11.6 Å². The molecule has 1 fully saturated rings. The van der Waals surface area contributed by atoms with Gasteiger partial charge in [-0.3, -0.25) is 9.59 Å². The molecule has 1 amide bonds. The summed E-state index contributed by atoms with van der Waals surface area (Å²) in [6.07, 6.45) is 0.381. The van der Waals surface area contributed by atoms with Gasteiger partial charge in [0.15, 0.2) is 0 Å². The Hall–Kier alpha value is -2.14. The van der Waals surface area contributed by atoms with Crippen molar-refractivity contribution in [2.45, 2.75) is 19.9 Å². The third-order valence-corrected chi connectivity index (χ3v) is 4.26. The molecule has 5 nitrogen and oxygen atoms in total. The van der Waals surface area contributed by atoms with Gasteiger partial charge in [-0.25, -0.2) is 4.68 Å². The molecule has 2 aromatic rings. The van der Waals surface area contributed by atoms with Crippen molar-refractivity contribution in [3.63, 3.8) is 0 Å². The SMILES string of the molecule is Cc1ccc(=O)n(CC2CN(C(=O)Cc3ccc(Cl)cc3)C2)n1. The molecule has 1 aromatic carbocycles. The van der Waals surface area contributed by atoms with E-state index in [1.54, 1.807) is 18.2 Å². The number of rotatable bonds is 4. The van der Waals surface area contributed by atoms with Crippen LogP contribution in [0.25, 0.3) is 0 Å². The Morgan fingerprint density at radius 2 is 1.91 bits per heavy atom.